The number of aromatic nitrogens is 3. The number of anilines is 1. The van der Waals surface area contributed by atoms with Gasteiger partial charge in [0.25, 0.3) is 0 Å². The molecule has 1 saturated heterocycles. The first-order chi connectivity index (χ1) is 11.5. The Kier molecular flexibility index (Phi) is 3.81. The summed E-state index contributed by atoms with van der Waals surface area (Å²) >= 11 is 1.65. The number of hydrogen-bond acceptors (Lipinski definition) is 5. The molecule has 0 aliphatic carbocycles. The Morgan fingerprint density at radius 1 is 1.21 bits per heavy atom. The van der Waals surface area contributed by atoms with E-state index in [1.165, 1.54) is 5.56 Å². The lowest BCUT2D eigenvalue weighted by Gasteiger charge is -2.32. The van der Waals surface area contributed by atoms with Crippen molar-refractivity contribution in [2.24, 2.45) is 0 Å². The summed E-state index contributed by atoms with van der Waals surface area (Å²) in [5.74, 6) is 0. The van der Waals surface area contributed by atoms with Crippen molar-refractivity contribution in [3.8, 4) is 0 Å². The standard InChI is InChI=1S/C18H22N4OS/c1-18(2,3)15-12-22-16(19-15)24-17(20-22)21-9-10-23-14(11-21)13-7-5-4-6-8-13/h4-8,12,14H,9-11H2,1-3H3/t14-/m1/s1. The van der Waals surface area contributed by atoms with Crippen LogP contribution in [0.5, 0.6) is 0 Å². The third-order valence-corrected chi connectivity index (χ3v) is 5.29. The molecule has 5 nitrogen and oxygen atoms in total. The normalized spacial score (nSPS) is 19.1. The second-order valence-electron chi connectivity index (χ2n) is 7.20. The van der Waals surface area contributed by atoms with Gasteiger partial charge in [0.15, 0.2) is 0 Å². The fourth-order valence-electron chi connectivity index (χ4n) is 2.87. The summed E-state index contributed by atoms with van der Waals surface area (Å²) in [7, 11) is 0. The van der Waals surface area contributed by atoms with Crippen LogP contribution >= 0.6 is 11.3 Å². The lowest BCUT2D eigenvalue weighted by Crippen LogP contribution is -2.38. The van der Waals surface area contributed by atoms with Crippen LogP contribution in [-0.2, 0) is 10.2 Å². The molecule has 4 rings (SSSR count). The Labute approximate surface area is 145 Å². The molecule has 126 valence electrons. The zero-order valence-electron chi connectivity index (χ0n) is 14.3. The van der Waals surface area contributed by atoms with Gasteiger partial charge in [-0.1, -0.05) is 62.4 Å². The molecule has 0 amide bonds. The van der Waals surface area contributed by atoms with Gasteiger partial charge in [0.05, 0.1) is 25.0 Å². The molecular formula is C18H22N4OS. The van der Waals surface area contributed by atoms with Crippen LogP contribution in [-0.4, -0.2) is 34.3 Å². The highest BCUT2D eigenvalue weighted by molar-refractivity contribution is 7.20. The van der Waals surface area contributed by atoms with Gasteiger partial charge in [-0.15, -0.1) is 5.10 Å². The SMILES string of the molecule is CC(C)(C)c1cn2nc(N3CCO[C@@H](c4ccccc4)C3)sc2n1. The van der Waals surface area contributed by atoms with E-state index in [9.17, 15) is 0 Å². The third kappa shape index (κ3) is 2.91. The van der Waals surface area contributed by atoms with E-state index < -0.39 is 0 Å². The number of hydrogen-bond donors (Lipinski definition) is 0. The maximum Gasteiger partial charge on any atom is 0.214 e. The summed E-state index contributed by atoms with van der Waals surface area (Å²) < 4.78 is 7.86. The number of nitrogens with zero attached hydrogens (tertiary/aromatic N) is 4. The zero-order chi connectivity index (χ0) is 16.7. The van der Waals surface area contributed by atoms with Gasteiger partial charge in [-0.2, -0.15) is 0 Å². The minimum atomic E-state index is 0.0466. The molecule has 1 aliphatic rings. The topological polar surface area (TPSA) is 42.7 Å². The van der Waals surface area contributed by atoms with Crippen LogP contribution in [0, 0.1) is 0 Å². The second kappa shape index (κ2) is 5.86. The van der Waals surface area contributed by atoms with E-state index in [1.54, 1.807) is 11.3 Å². The summed E-state index contributed by atoms with van der Waals surface area (Å²) in [4.78, 5) is 8.00. The van der Waals surface area contributed by atoms with E-state index >= 15 is 0 Å². The minimum absolute atomic E-state index is 0.0466. The Hall–Kier alpha value is -1.92. The minimum Gasteiger partial charge on any atom is -0.370 e. The monoisotopic (exact) mass is 342 g/mol. The van der Waals surface area contributed by atoms with Crippen LogP contribution in [0.15, 0.2) is 36.5 Å². The van der Waals surface area contributed by atoms with Crippen molar-refractivity contribution in [2.75, 3.05) is 24.6 Å². The van der Waals surface area contributed by atoms with Gasteiger partial charge in [-0.05, 0) is 5.56 Å². The number of benzene rings is 1. The van der Waals surface area contributed by atoms with Gasteiger partial charge in [0, 0.05) is 12.0 Å². The Balaban J connectivity index is 1.57. The quantitative estimate of drug-likeness (QED) is 0.713. The predicted molar refractivity (Wildman–Crippen MR) is 96.9 cm³/mol. The van der Waals surface area contributed by atoms with Crippen molar-refractivity contribution < 1.29 is 4.74 Å². The number of ether oxygens (including phenoxy) is 1. The summed E-state index contributed by atoms with van der Waals surface area (Å²) in [5.41, 5.74) is 2.35. The molecule has 1 fully saturated rings. The maximum absolute atomic E-state index is 5.95. The summed E-state index contributed by atoms with van der Waals surface area (Å²) in [5, 5.41) is 5.76. The maximum atomic E-state index is 5.95. The van der Waals surface area contributed by atoms with Crippen LogP contribution in [0.3, 0.4) is 0 Å². The summed E-state index contributed by atoms with van der Waals surface area (Å²) in [6, 6.07) is 10.4. The predicted octanol–water partition coefficient (Wildman–Crippen LogP) is 3.67. The molecule has 0 radical (unpaired) electrons. The van der Waals surface area contributed by atoms with Gasteiger partial charge < -0.3 is 9.64 Å². The van der Waals surface area contributed by atoms with Crippen LogP contribution in [0.25, 0.3) is 4.96 Å². The Morgan fingerprint density at radius 2 is 2.00 bits per heavy atom. The average molecular weight is 342 g/mol. The highest BCUT2D eigenvalue weighted by Crippen LogP contribution is 2.30. The number of imidazole rings is 1. The molecule has 1 atom stereocenters. The molecule has 0 spiro atoms. The van der Waals surface area contributed by atoms with E-state index in [2.05, 4.69) is 49.9 Å². The van der Waals surface area contributed by atoms with E-state index in [0.29, 0.717) is 6.61 Å². The molecule has 0 unspecified atom stereocenters. The second-order valence-corrected chi connectivity index (χ2v) is 8.14. The molecule has 0 N–H and O–H groups in total. The molecule has 1 aromatic carbocycles. The van der Waals surface area contributed by atoms with Crippen molar-refractivity contribution in [1.82, 2.24) is 14.6 Å². The molecule has 0 saturated carbocycles. The largest absolute Gasteiger partial charge is 0.370 e. The van der Waals surface area contributed by atoms with Crippen LogP contribution in [0.2, 0.25) is 0 Å². The van der Waals surface area contributed by atoms with Crippen LogP contribution < -0.4 is 4.90 Å². The average Bonchev–Trinajstić information content (AvgIpc) is 3.14. The van der Waals surface area contributed by atoms with Gasteiger partial charge in [-0.25, -0.2) is 9.50 Å². The molecule has 24 heavy (non-hydrogen) atoms. The first-order valence-electron chi connectivity index (χ1n) is 8.29. The van der Waals surface area contributed by atoms with Crippen molar-refractivity contribution >= 4 is 21.4 Å². The van der Waals surface area contributed by atoms with Gasteiger partial charge >= 0.3 is 0 Å². The molecule has 0 bridgehead atoms. The molecule has 6 heteroatoms. The number of rotatable bonds is 2. The van der Waals surface area contributed by atoms with Gasteiger partial charge in [0.1, 0.15) is 6.10 Å². The lowest BCUT2D eigenvalue weighted by atomic mass is 9.93. The lowest BCUT2D eigenvalue weighted by molar-refractivity contribution is 0.0397. The van der Waals surface area contributed by atoms with Gasteiger partial charge in [0.2, 0.25) is 10.1 Å². The van der Waals surface area contributed by atoms with Crippen LogP contribution in [0.1, 0.15) is 38.1 Å². The zero-order valence-corrected chi connectivity index (χ0v) is 15.1. The Morgan fingerprint density at radius 3 is 2.71 bits per heavy atom. The Bertz CT molecular complexity index is 802. The first-order valence-corrected chi connectivity index (χ1v) is 9.10. The molecule has 2 aromatic heterocycles. The molecule has 3 aromatic rings. The van der Waals surface area contributed by atoms with Crippen molar-refractivity contribution in [2.45, 2.75) is 32.3 Å². The smallest absolute Gasteiger partial charge is 0.214 e. The van der Waals surface area contributed by atoms with E-state index in [-0.39, 0.29) is 11.5 Å². The molecule has 3 heterocycles. The summed E-state index contributed by atoms with van der Waals surface area (Å²) in [6.45, 7) is 8.93. The fourth-order valence-corrected chi connectivity index (χ4v) is 3.79. The van der Waals surface area contributed by atoms with Crippen molar-refractivity contribution in [1.29, 1.82) is 0 Å². The van der Waals surface area contributed by atoms with E-state index in [0.717, 1.165) is 28.9 Å². The van der Waals surface area contributed by atoms with Crippen molar-refractivity contribution in [3.63, 3.8) is 0 Å². The third-order valence-electron chi connectivity index (χ3n) is 4.31. The number of morpholine rings is 1. The van der Waals surface area contributed by atoms with Crippen LogP contribution in [0.4, 0.5) is 5.13 Å². The highest BCUT2D eigenvalue weighted by Gasteiger charge is 2.25. The van der Waals surface area contributed by atoms with E-state index in [1.807, 2.05) is 16.8 Å². The van der Waals surface area contributed by atoms with Crippen molar-refractivity contribution in [3.05, 3.63) is 47.8 Å². The first kappa shape index (κ1) is 15.6. The summed E-state index contributed by atoms with van der Waals surface area (Å²) in [6.07, 6.45) is 2.14. The number of fused-ring (bicyclic) bond motifs is 1. The van der Waals surface area contributed by atoms with E-state index in [4.69, 9.17) is 14.8 Å². The van der Waals surface area contributed by atoms with Gasteiger partial charge in [-0.3, -0.25) is 0 Å². The fraction of sp³-hybridized carbons (Fsp3) is 0.444. The molecule has 1 aliphatic heterocycles. The molecular weight excluding hydrogens is 320 g/mol. The highest BCUT2D eigenvalue weighted by atomic mass is 32.1.